The normalized spacial score (nSPS) is 11.0. The summed E-state index contributed by atoms with van der Waals surface area (Å²) in [6.45, 7) is 2.66. The smallest absolute Gasteiger partial charge is 0.155 e. The van der Waals surface area contributed by atoms with E-state index in [9.17, 15) is 0 Å². The minimum absolute atomic E-state index is 0.541. The maximum atomic E-state index is 5.54. The van der Waals surface area contributed by atoms with Gasteiger partial charge in [-0.3, -0.25) is 0 Å². The molecule has 0 atom stereocenters. The first-order valence-corrected chi connectivity index (χ1v) is 4.87. The van der Waals surface area contributed by atoms with Gasteiger partial charge in [0.05, 0.1) is 0 Å². The Labute approximate surface area is 82.8 Å². The summed E-state index contributed by atoms with van der Waals surface area (Å²) in [6, 6.07) is 3.94. The summed E-state index contributed by atoms with van der Waals surface area (Å²) >= 11 is 0. The van der Waals surface area contributed by atoms with Gasteiger partial charge in [0.2, 0.25) is 0 Å². The van der Waals surface area contributed by atoms with Crippen LogP contribution in [0.25, 0.3) is 5.65 Å². The Bertz CT molecular complexity index is 433. The van der Waals surface area contributed by atoms with Gasteiger partial charge in [0.1, 0.15) is 0 Å². The van der Waals surface area contributed by atoms with Crippen LogP contribution in [-0.2, 0) is 13.0 Å². The van der Waals surface area contributed by atoms with Crippen LogP contribution in [0.5, 0.6) is 0 Å². The highest BCUT2D eigenvalue weighted by Crippen LogP contribution is 2.05. The fourth-order valence-corrected chi connectivity index (χ4v) is 1.42. The van der Waals surface area contributed by atoms with E-state index in [0.717, 1.165) is 29.9 Å². The summed E-state index contributed by atoms with van der Waals surface area (Å²) in [6.07, 6.45) is 3.93. The van der Waals surface area contributed by atoms with Crippen molar-refractivity contribution in [2.45, 2.75) is 26.3 Å². The van der Waals surface area contributed by atoms with Gasteiger partial charge >= 0.3 is 0 Å². The number of aryl methyl sites for hydroxylation is 1. The van der Waals surface area contributed by atoms with Crippen LogP contribution in [-0.4, -0.2) is 14.6 Å². The highest BCUT2D eigenvalue weighted by Gasteiger charge is 2.02. The molecule has 0 spiro atoms. The zero-order chi connectivity index (χ0) is 9.97. The second-order valence-electron chi connectivity index (χ2n) is 3.32. The number of aromatic nitrogens is 3. The van der Waals surface area contributed by atoms with Crippen LogP contribution in [0.4, 0.5) is 0 Å². The molecule has 0 fully saturated rings. The van der Waals surface area contributed by atoms with Crippen molar-refractivity contribution in [3.63, 3.8) is 0 Å². The molecule has 0 saturated carbocycles. The Morgan fingerprint density at radius 1 is 1.43 bits per heavy atom. The Morgan fingerprint density at radius 2 is 2.29 bits per heavy atom. The molecule has 0 amide bonds. The highest BCUT2D eigenvalue weighted by molar-refractivity contribution is 5.38. The quantitative estimate of drug-likeness (QED) is 0.789. The SMILES string of the molecule is CCCc1nc2ccc(CN)cn2n1. The van der Waals surface area contributed by atoms with E-state index in [0.29, 0.717) is 6.54 Å². The van der Waals surface area contributed by atoms with Gasteiger partial charge in [-0.1, -0.05) is 13.0 Å². The van der Waals surface area contributed by atoms with E-state index in [-0.39, 0.29) is 0 Å². The molecule has 74 valence electrons. The maximum absolute atomic E-state index is 5.54. The predicted molar refractivity (Wildman–Crippen MR) is 54.9 cm³/mol. The lowest BCUT2D eigenvalue weighted by atomic mass is 10.3. The molecule has 14 heavy (non-hydrogen) atoms. The lowest BCUT2D eigenvalue weighted by Crippen LogP contribution is -1.98. The first-order chi connectivity index (χ1) is 6.83. The van der Waals surface area contributed by atoms with E-state index in [1.165, 1.54) is 0 Å². The number of fused-ring (bicyclic) bond motifs is 1. The molecule has 0 unspecified atom stereocenters. The van der Waals surface area contributed by atoms with Gasteiger partial charge in [-0.15, -0.1) is 0 Å². The van der Waals surface area contributed by atoms with Crippen LogP contribution >= 0.6 is 0 Å². The topological polar surface area (TPSA) is 56.2 Å². The summed E-state index contributed by atoms with van der Waals surface area (Å²) in [7, 11) is 0. The molecule has 2 rings (SSSR count). The number of nitrogens with two attached hydrogens (primary N) is 1. The summed E-state index contributed by atoms with van der Waals surface area (Å²) in [5, 5.41) is 4.36. The molecule has 2 aromatic heterocycles. The molecular formula is C10H14N4. The fraction of sp³-hybridized carbons (Fsp3) is 0.400. The molecular weight excluding hydrogens is 176 g/mol. The Morgan fingerprint density at radius 3 is 3.00 bits per heavy atom. The van der Waals surface area contributed by atoms with Crippen molar-refractivity contribution < 1.29 is 0 Å². The van der Waals surface area contributed by atoms with Crippen molar-refractivity contribution in [2.24, 2.45) is 5.73 Å². The van der Waals surface area contributed by atoms with Crippen molar-refractivity contribution in [1.82, 2.24) is 14.6 Å². The number of hydrogen-bond acceptors (Lipinski definition) is 3. The van der Waals surface area contributed by atoms with E-state index in [1.807, 2.05) is 18.3 Å². The standard InChI is InChI=1S/C10H14N4/c1-2-3-9-12-10-5-4-8(6-11)7-14(10)13-9/h4-5,7H,2-3,6,11H2,1H3. The van der Waals surface area contributed by atoms with Crippen molar-refractivity contribution in [3.8, 4) is 0 Å². The Balaban J connectivity index is 2.43. The van der Waals surface area contributed by atoms with Crippen LogP contribution in [0.15, 0.2) is 18.3 Å². The average Bonchev–Trinajstić information content (AvgIpc) is 2.59. The van der Waals surface area contributed by atoms with Gasteiger partial charge in [-0.25, -0.2) is 9.50 Å². The Hall–Kier alpha value is -1.42. The van der Waals surface area contributed by atoms with Crippen LogP contribution in [0.3, 0.4) is 0 Å². The van der Waals surface area contributed by atoms with Gasteiger partial charge in [-0.2, -0.15) is 5.10 Å². The lowest BCUT2D eigenvalue weighted by Gasteiger charge is -1.95. The number of rotatable bonds is 3. The minimum Gasteiger partial charge on any atom is -0.326 e. The molecule has 2 N–H and O–H groups in total. The number of hydrogen-bond donors (Lipinski definition) is 1. The zero-order valence-corrected chi connectivity index (χ0v) is 8.27. The molecule has 0 aromatic carbocycles. The third-order valence-electron chi connectivity index (χ3n) is 2.15. The second-order valence-corrected chi connectivity index (χ2v) is 3.32. The maximum Gasteiger partial charge on any atom is 0.155 e. The van der Waals surface area contributed by atoms with Crippen LogP contribution in [0.2, 0.25) is 0 Å². The summed E-state index contributed by atoms with van der Waals surface area (Å²) in [5.74, 6) is 0.904. The van der Waals surface area contributed by atoms with Gasteiger partial charge < -0.3 is 5.73 Å². The third kappa shape index (κ3) is 1.61. The number of nitrogens with zero attached hydrogens (tertiary/aromatic N) is 3. The summed E-state index contributed by atoms with van der Waals surface area (Å²) < 4.78 is 1.80. The second kappa shape index (κ2) is 3.75. The fourth-order valence-electron chi connectivity index (χ4n) is 1.42. The van der Waals surface area contributed by atoms with E-state index in [4.69, 9.17) is 5.73 Å². The van der Waals surface area contributed by atoms with Crippen molar-refractivity contribution in [2.75, 3.05) is 0 Å². The van der Waals surface area contributed by atoms with Gasteiger partial charge in [0.25, 0.3) is 0 Å². The van der Waals surface area contributed by atoms with Crippen LogP contribution in [0.1, 0.15) is 24.7 Å². The molecule has 0 saturated heterocycles. The minimum atomic E-state index is 0.541. The molecule has 2 aromatic rings. The predicted octanol–water partition coefficient (Wildman–Crippen LogP) is 1.14. The third-order valence-corrected chi connectivity index (χ3v) is 2.15. The van der Waals surface area contributed by atoms with Crippen LogP contribution in [0, 0.1) is 0 Å². The molecule has 0 radical (unpaired) electrons. The first kappa shape index (κ1) is 9.15. The molecule has 4 heteroatoms. The van der Waals surface area contributed by atoms with Gasteiger partial charge in [0.15, 0.2) is 11.5 Å². The first-order valence-electron chi connectivity index (χ1n) is 4.87. The Kier molecular flexibility index (Phi) is 2.45. The molecule has 4 nitrogen and oxygen atoms in total. The molecule has 0 aliphatic rings. The van der Waals surface area contributed by atoms with Crippen molar-refractivity contribution in [3.05, 3.63) is 29.7 Å². The number of pyridine rings is 1. The van der Waals surface area contributed by atoms with Gasteiger partial charge in [-0.05, 0) is 18.1 Å². The van der Waals surface area contributed by atoms with E-state index in [1.54, 1.807) is 4.52 Å². The van der Waals surface area contributed by atoms with Gasteiger partial charge in [0, 0.05) is 19.2 Å². The lowest BCUT2D eigenvalue weighted by molar-refractivity contribution is 0.815. The highest BCUT2D eigenvalue weighted by atomic mass is 15.3. The largest absolute Gasteiger partial charge is 0.326 e. The monoisotopic (exact) mass is 190 g/mol. The van der Waals surface area contributed by atoms with Crippen molar-refractivity contribution in [1.29, 1.82) is 0 Å². The van der Waals surface area contributed by atoms with Crippen molar-refractivity contribution >= 4 is 5.65 Å². The summed E-state index contributed by atoms with van der Waals surface area (Å²) in [5.41, 5.74) is 7.51. The summed E-state index contributed by atoms with van der Waals surface area (Å²) in [4.78, 5) is 4.39. The molecule has 0 aliphatic heterocycles. The molecule has 2 heterocycles. The van der Waals surface area contributed by atoms with Crippen LogP contribution < -0.4 is 5.73 Å². The molecule has 0 bridgehead atoms. The molecule has 0 aliphatic carbocycles. The average molecular weight is 190 g/mol. The van der Waals surface area contributed by atoms with E-state index < -0.39 is 0 Å². The van der Waals surface area contributed by atoms with E-state index in [2.05, 4.69) is 17.0 Å². The zero-order valence-electron chi connectivity index (χ0n) is 8.27. The van der Waals surface area contributed by atoms with E-state index >= 15 is 0 Å².